The monoisotopic (exact) mass is 286 g/mol. The maximum absolute atomic E-state index is 11.8. The van der Waals surface area contributed by atoms with Gasteiger partial charge in [0.05, 0.1) is 0 Å². The summed E-state index contributed by atoms with van der Waals surface area (Å²) >= 11 is 0. The minimum Gasteiger partial charge on any atom is -0.335 e. The molecule has 0 spiro atoms. The second-order valence-corrected chi connectivity index (χ2v) is 5.08. The van der Waals surface area contributed by atoms with Crippen molar-refractivity contribution in [1.29, 1.82) is 0 Å². The highest BCUT2D eigenvalue weighted by Gasteiger charge is 2.14. The van der Waals surface area contributed by atoms with E-state index in [1.165, 1.54) is 0 Å². The Morgan fingerprint density at radius 3 is 2.62 bits per heavy atom. The first kappa shape index (κ1) is 15.0. The lowest BCUT2D eigenvalue weighted by Gasteiger charge is -2.10. The number of imide groups is 1. The van der Waals surface area contributed by atoms with E-state index in [4.69, 9.17) is 0 Å². The van der Waals surface area contributed by atoms with Crippen molar-refractivity contribution < 1.29 is 14.2 Å². The topological polar surface area (TPSA) is 62.1 Å². The molecule has 5 nitrogen and oxygen atoms in total. The van der Waals surface area contributed by atoms with Crippen LogP contribution in [0.3, 0.4) is 0 Å². The second kappa shape index (κ2) is 6.83. The van der Waals surface area contributed by atoms with Gasteiger partial charge in [0.2, 0.25) is 6.54 Å². The lowest BCUT2D eigenvalue weighted by molar-refractivity contribution is -0.683. The minimum absolute atomic E-state index is 0.0473. The van der Waals surface area contributed by atoms with Crippen LogP contribution in [-0.2, 0) is 11.3 Å². The number of carbonyl (C=O) groups is 2. The normalized spacial score (nSPS) is 11.9. The van der Waals surface area contributed by atoms with Crippen LogP contribution in [0.15, 0.2) is 42.7 Å². The van der Waals surface area contributed by atoms with Crippen LogP contribution in [0.1, 0.15) is 20.3 Å². The number of fused-ring (bicyclic) bond motifs is 1. The van der Waals surface area contributed by atoms with E-state index in [0.717, 1.165) is 17.2 Å². The van der Waals surface area contributed by atoms with Crippen LogP contribution in [-0.4, -0.2) is 18.0 Å². The first-order chi connectivity index (χ1) is 10.1. The Bertz CT molecular complexity index is 655. The SMILES string of the molecule is CC[C@@H](C)NC(=O)NC(=O)C[n+]1ccc2ccccc2c1. The second-order valence-electron chi connectivity index (χ2n) is 5.08. The minimum atomic E-state index is -0.448. The quantitative estimate of drug-likeness (QED) is 0.841. The molecule has 0 fully saturated rings. The highest BCUT2D eigenvalue weighted by atomic mass is 16.2. The molecule has 0 radical (unpaired) electrons. The molecule has 0 aliphatic carbocycles. The molecular weight excluding hydrogens is 266 g/mol. The van der Waals surface area contributed by atoms with Gasteiger partial charge in [-0.15, -0.1) is 0 Å². The van der Waals surface area contributed by atoms with Gasteiger partial charge < -0.3 is 5.32 Å². The highest BCUT2D eigenvalue weighted by Crippen LogP contribution is 2.09. The summed E-state index contributed by atoms with van der Waals surface area (Å²) in [4.78, 5) is 23.4. The zero-order valence-electron chi connectivity index (χ0n) is 12.3. The fourth-order valence-electron chi connectivity index (χ4n) is 1.97. The van der Waals surface area contributed by atoms with Crippen molar-refractivity contribution in [3.8, 4) is 0 Å². The van der Waals surface area contributed by atoms with Crippen molar-refractivity contribution in [1.82, 2.24) is 10.6 Å². The van der Waals surface area contributed by atoms with Crippen molar-refractivity contribution in [2.24, 2.45) is 0 Å². The van der Waals surface area contributed by atoms with Crippen LogP contribution < -0.4 is 15.2 Å². The molecule has 1 aromatic carbocycles. The summed E-state index contributed by atoms with van der Waals surface area (Å²) in [6.45, 7) is 3.97. The summed E-state index contributed by atoms with van der Waals surface area (Å²) in [6.07, 6.45) is 4.54. The average molecular weight is 286 g/mol. The van der Waals surface area contributed by atoms with E-state index >= 15 is 0 Å². The molecule has 0 saturated carbocycles. The van der Waals surface area contributed by atoms with Crippen molar-refractivity contribution in [3.63, 3.8) is 0 Å². The standard InChI is InChI=1S/C16H19N3O2/c1-3-12(2)17-16(21)18-15(20)11-19-9-8-13-6-4-5-7-14(13)10-19/h4-10,12H,3,11H2,1-2H3,(H-,17,18,20,21)/p+1/t12-/m1/s1. The number of hydrogen-bond donors (Lipinski definition) is 2. The summed E-state index contributed by atoms with van der Waals surface area (Å²) in [5.41, 5.74) is 0. The van der Waals surface area contributed by atoms with E-state index in [0.29, 0.717) is 0 Å². The fourth-order valence-corrected chi connectivity index (χ4v) is 1.97. The Morgan fingerprint density at radius 1 is 1.19 bits per heavy atom. The fraction of sp³-hybridized carbons (Fsp3) is 0.312. The largest absolute Gasteiger partial charge is 0.335 e. The van der Waals surface area contributed by atoms with E-state index in [1.54, 1.807) is 4.57 Å². The van der Waals surface area contributed by atoms with Gasteiger partial charge in [-0.05, 0) is 24.8 Å². The molecule has 110 valence electrons. The zero-order valence-corrected chi connectivity index (χ0v) is 12.3. The Morgan fingerprint density at radius 2 is 1.90 bits per heavy atom. The number of hydrogen-bond acceptors (Lipinski definition) is 2. The van der Waals surface area contributed by atoms with Crippen molar-refractivity contribution in [2.45, 2.75) is 32.9 Å². The molecule has 1 aromatic heterocycles. The Kier molecular flexibility index (Phi) is 4.87. The first-order valence-electron chi connectivity index (χ1n) is 7.06. The van der Waals surface area contributed by atoms with Gasteiger partial charge in [0, 0.05) is 17.5 Å². The highest BCUT2D eigenvalue weighted by molar-refractivity contribution is 5.93. The third-order valence-corrected chi connectivity index (χ3v) is 3.32. The number of rotatable bonds is 4. The van der Waals surface area contributed by atoms with Gasteiger partial charge in [-0.2, -0.15) is 4.57 Å². The van der Waals surface area contributed by atoms with E-state index in [2.05, 4.69) is 10.6 Å². The Balaban J connectivity index is 1.96. The molecule has 3 amide bonds. The molecule has 1 atom stereocenters. The molecule has 5 heteroatoms. The Hall–Kier alpha value is -2.43. The van der Waals surface area contributed by atoms with Crippen molar-refractivity contribution >= 4 is 22.7 Å². The summed E-state index contributed by atoms with van der Waals surface area (Å²) in [5, 5.41) is 7.19. The molecule has 0 bridgehead atoms. The Labute approximate surface area is 124 Å². The molecular formula is C16H20N3O2+. The zero-order chi connectivity index (χ0) is 15.2. The molecule has 0 aliphatic rings. The smallest absolute Gasteiger partial charge is 0.321 e. The van der Waals surface area contributed by atoms with Gasteiger partial charge in [0.25, 0.3) is 5.91 Å². The van der Waals surface area contributed by atoms with Gasteiger partial charge in [0.1, 0.15) is 0 Å². The van der Waals surface area contributed by atoms with Gasteiger partial charge in [-0.1, -0.05) is 25.1 Å². The van der Waals surface area contributed by atoms with Gasteiger partial charge >= 0.3 is 6.03 Å². The summed E-state index contributed by atoms with van der Waals surface area (Å²) in [6, 6.07) is 9.47. The van der Waals surface area contributed by atoms with E-state index < -0.39 is 6.03 Å². The van der Waals surface area contributed by atoms with Gasteiger partial charge in [-0.3, -0.25) is 10.1 Å². The number of nitrogens with one attached hydrogen (secondary N) is 2. The van der Waals surface area contributed by atoms with Crippen molar-refractivity contribution in [2.75, 3.05) is 0 Å². The maximum Gasteiger partial charge on any atom is 0.321 e. The third kappa shape index (κ3) is 4.27. The summed E-state index contributed by atoms with van der Waals surface area (Å²) in [5.74, 6) is -0.337. The molecule has 0 unspecified atom stereocenters. The van der Waals surface area contributed by atoms with Crippen LogP contribution in [0.4, 0.5) is 4.79 Å². The van der Waals surface area contributed by atoms with E-state index in [1.807, 2.05) is 56.6 Å². The average Bonchev–Trinajstić information content (AvgIpc) is 2.46. The number of amides is 3. The molecule has 0 aliphatic heterocycles. The first-order valence-corrected chi connectivity index (χ1v) is 7.06. The summed E-state index contributed by atoms with van der Waals surface area (Å²) < 4.78 is 1.76. The molecule has 2 N–H and O–H groups in total. The van der Waals surface area contributed by atoms with Gasteiger partial charge in [0.15, 0.2) is 12.4 Å². The van der Waals surface area contributed by atoms with Crippen LogP contribution in [0.2, 0.25) is 0 Å². The predicted molar refractivity (Wildman–Crippen MR) is 80.6 cm³/mol. The number of benzene rings is 1. The number of urea groups is 1. The number of carbonyl (C=O) groups excluding carboxylic acids is 2. The molecule has 0 saturated heterocycles. The van der Waals surface area contributed by atoms with Crippen LogP contribution in [0, 0.1) is 0 Å². The predicted octanol–water partition coefficient (Wildman–Crippen LogP) is 1.75. The molecule has 1 heterocycles. The van der Waals surface area contributed by atoms with Crippen molar-refractivity contribution in [3.05, 3.63) is 42.7 Å². The van der Waals surface area contributed by atoms with E-state index in [-0.39, 0.29) is 18.5 Å². The lowest BCUT2D eigenvalue weighted by Crippen LogP contribution is -2.48. The van der Waals surface area contributed by atoms with Crippen LogP contribution >= 0.6 is 0 Å². The van der Waals surface area contributed by atoms with Crippen LogP contribution in [0.25, 0.3) is 10.8 Å². The summed E-state index contributed by atoms with van der Waals surface area (Å²) in [7, 11) is 0. The van der Waals surface area contributed by atoms with Crippen LogP contribution in [0.5, 0.6) is 0 Å². The third-order valence-electron chi connectivity index (χ3n) is 3.32. The van der Waals surface area contributed by atoms with Gasteiger partial charge in [-0.25, -0.2) is 4.79 Å². The lowest BCUT2D eigenvalue weighted by atomic mass is 10.2. The number of pyridine rings is 1. The van der Waals surface area contributed by atoms with E-state index in [9.17, 15) is 9.59 Å². The molecule has 2 aromatic rings. The maximum atomic E-state index is 11.8. The molecule has 2 rings (SSSR count). The number of nitrogens with zero attached hydrogens (tertiary/aromatic N) is 1. The number of aromatic nitrogens is 1. The molecule has 21 heavy (non-hydrogen) atoms.